The van der Waals surface area contributed by atoms with Crippen LogP contribution in [-0.2, 0) is 20.7 Å². The van der Waals surface area contributed by atoms with Crippen molar-refractivity contribution >= 4 is 24.1 Å². The first-order valence-electron chi connectivity index (χ1n) is 7.25. The third-order valence-corrected chi connectivity index (χ3v) is 3.12. The molecular formula is C16H23ClN2O3. The maximum absolute atomic E-state index is 11.8. The average molecular weight is 327 g/mol. The second kappa shape index (κ2) is 9.46. The highest BCUT2D eigenvalue weighted by Gasteiger charge is 2.25. The monoisotopic (exact) mass is 326 g/mol. The van der Waals surface area contributed by atoms with Crippen LogP contribution in [0.2, 0.25) is 0 Å². The standard InChI is InChI=1S/C16H22N2O3.ClH/c1-3-11-20-16(21-15(19)12-17-2)18-10-6-8-13-7-4-5-9-14(13)18;/h4-7,9-10,16-17H,3,8,11-12H2,1-2H3;1H. The molecule has 1 aliphatic heterocycles. The molecule has 1 aliphatic rings. The van der Waals surface area contributed by atoms with Crippen LogP contribution < -0.4 is 10.2 Å². The van der Waals surface area contributed by atoms with Crippen LogP contribution in [0.15, 0.2) is 36.5 Å². The maximum atomic E-state index is 11.8. The Kier molecular flexibility index (Phi) is 7.95. The zero-order chi connectivity index (χ0) is 15.1. The van der Waals surface area contributed by atoms with Gasteiger partial charge in [0.2, 0.25) is 0 Å². The molecule has 0 saturated carbocycles. The zero-order valence-corrected chi connectivity index (χ0v) is 13.8. The summed E-state index contributed by atoms with van der Waals surface area (Å²) in [4.78, 5) is 13.6. The lowest BCUT2D eigenvalue weighted by Gasteiger charge is -2.33. The number of rotatable bonds is 7. The van der Waals surface area contributed by atoms with E-state index in [9.17, 15) is 4.79 Å². The van der Waals surface area contributed by atoms with Gasteiger partial charge in [-0.1, -0.05) is 31.2 Å². The number of carbonyl (C=O) groups is 1. The van der Waals surface area contributed by atoms with Crippen LogP contribution in [0.1, 0.15) is 18.9 Å². The number of benzene rings is 1. The molecule has 1 heterocycles. The Labute approximate surface area is 137 Å². The lowest BCUT2D eigenvalue weighted by Crippen LogP contribution is -2.40. The summed E-state index contributed by atoms with van der Waals surface area (Å²) in [6.07, 6.45) is 4.95. The van der Waals surface area contributed by atoms with Gasteiger partial charge in [-0.05, 0) is 31.5 Å². The first kappa shape index (κ1) is 18.5. The van der Waals surface area contributed by atoms with Gasteiger partial charge in [-0.25, -0.2) is 0 Å². The van der Waals surface area contributed by atoms with E-state index in [-0.39, 0.29) is 24.9 Å². The molecule has 2 rings (SSSR count). The molecule has 0 spiro atoms. The Bertz CT molecular complexity index is 508. The van der Waals surface area contributed by atoms with Crippen LogP contribution >= 0.6 is 12.4 Å². The second-order valence-electron chi connectivity index (χ2n) is 4.82. The van der Waals surface area contributed by atoms with Gasteiger partial charge >= 0.3 is 5.97 Å². The number of para-hydroxylation sites is 1. The highest BCUT2D eigenvalue weighted by Crippen LogP contribution is 2.28. The molecule has 1 unspecified atom stereocenters. The topological polar surface area (TPSA) is 50.8 Å². The number of halogens is 1. The number of ether oxygens (including phenoxy) is 2. The molecule has 0 aromatic heterocycles. The van der Waals surface area contributed by atoms with Gasteiger partial charge in [-0.15, -0.1) is 12.4 Å². The summed E-state index contributed by atoms with van der Waals surface area (Å²) >= 11 is 0. The third-order valence-electron chi connectivity index (χ3n) is 3.12. The molecule has 1 aromatic rings. The van der Waals surface area contributed by atoms with Crippen LogP contribution in [-0.4, -0.2) is 32.6 Å². The molecule has 6 heteroatoms. The van der Waals surface area contributed by atoms with E-state index in [2.05, 4.69) is 11.4 Å². The summed E-state index contributed by atoms with van der Waals surface area (Å²) in [5, 5.41) is 2.78. The van der Waals surface area contributed by atoms with E-state index < -0.39 is 6.41 Å². The maximum Gasteiger partial charge on any atom is 0.323 e. The number of nitrogens with one attached hydrogen (secondary N) is 1. The number of allylic oxidation sites excluding steroid dienone is 1. The SMILES string of the molecule is CCCOC(OC(=O)CNC)N1C=CCc2ccccc21.Cl. The minimum Gasteiger partial charge on any atom is -0.415 e. The third kappa shape index (κ3) is 4.73. The summed E-state index contributed by atoms with van der Waals surface area (Å²) in [5.74, 6) is -0.338. The average Bonchev–Trinajstić information content (AvgIpc) is 2.51. The van der Waals surface area contributed by atoms with Gasteiger partial charge in [0, 0.05) is 11.9 Å². The molecule has 122 valence electrons. The van der Waals surface area contributed by atoms with Crippen molar-refractivity contribution in [3.8, 4) is 0 Å². The summed E-state index contributed by atoms with van der Waals surface area (Å²) in [6.45, 7) is 2.71. The fraction of sp³-hybridized carbons (Fsp3) is 0.438. The highest BCUT2D eigenvalue weighted by atomic mass is 35.5. The predicted molar refractivity (Wildman–Crippen MR) is 89.1 cm³/mol. The lowest BCUT2D eigenvalue weighted by atomic mass is 10.1. The molecule has 1 atom stereocenters. The van der Waals surface area contributed by atoms with Gasteiger partial charge in [0.15, 0.2) is 0 Å². The number of carbonyl (C=O) groups excluding carboxylic acids is 1. The van der Waals surface area contributed by atoms with E-state index in [0.717, 1.165) is 18.5 Å². The summed E-state index contributed by atoms with van der Waals surface area (Å²) in [5.41, 5.74) is 2.20. The smallest absolute Gasteiger partial charge is 0.323 e. The van der Waals surface area contributed by atoms with E-state index in [1.165, 1.54) is 5.56 Å². The Balaban J connectivity index is 0.00000242. The van der Waals surface area contributed by atoms with Gasteiger partial charge in [0.25, 0.3) is 6.41 Å². The highest BCUT2D eigenvalue weighted by molar-refractivity contribution is 5.85. The number of anilines is 1. The molecule has 0 radical (unpaired) electrons. The fourth-order valence-electron chi connectivity index (χ4n) is 2.18. The van der Waals surface area contributed by atoms with Gasteiger partial charge in [-0.3, -0.25) is 9.69 Å². The minimum atomic E-state index is -0.733. The van der Waals surface area contributed by atoms with Crippen molar-refractivity contribution in [3.63, 3.8) is 0 Å². The molecule has 22 heavy (non-hydrogen) atoms. The molecule has 5 nitrogen and oxygen atoms in total. The van der Waals surface area contributed by atoms with Crippen molar-refractivity contribution in [2.75, 3.05) is 25.1 Å². The van der Waals surface area contributed by atoms with E-state index in [1.807, 2.05) is 42.3 Å². The number of hydrogen-bond acceptors (Lipinski definition) is 5. The van der Waals surface area contributed by atoms with Crippen LogP contribution in [0.5, 0.6) is 0 Å². The Morgan fingerprint density at radius 3 is 2.91 bits per heavy atom. The van der Waals surface area contributed by atoms with Crippen molar-refractivity contribution < 1.29 is 14.3 Å². The lowest BCUT2D eigenvalue weighted by molar-refractivity contribution is -0.176. The van der Waals surface area contributed by atoms with E-state index in [1.54, 1.807) is 7.05 Å². The van der Waals surface area contributed by atoms with Crippen molar-refractivity contribution in [1.29, 1.82) is 0 Å². The normalized spacial score (nSPS) is 14.0. The number of esters is 1. The first-order valence-corrected chi connectivity index (χ1v) is 7.25. The summed E-state index contributed by atoms with van der Waals surface area (Å²) < 4.78 is 11.1. The zero-order valence-electron chi connectivity index (χ0n) is 13.0. The Morgan fingerprint density at radius 1 is 1.41 bits per heavy atom. The molecule has 0 amide bonds. The molecular weight excluding hydrogens is 304 g/mol. The molecule has 0 aliphatic carbocycles. The van der Waals surface area contributed by atoms with Crippen molar-refractivity contribution in [3.05, 3.63) is 42.1 Å². The van der Waals surface area contributed by atoms with Crippen molar-refractivity contribution in [2.24, 2.45) is 0 Å². The van der Waals surface area contributed by atoms with E-state index in [4.69, 9.17) is 9.47 Å². The van der Waals surface area contributed by atoms with Crippen molar-refractivity contribution in [2.45, 2.75) is 26.2 Å². The second-order valence-corrected chi connectivity index (χ2v) is 4.82. The van der Waals surface area contributed by atoms with Crippen LogP contribution in [0.25, 0.3) is 0 Å². The number of likely N-dealkylation sites (N-methyl/N-ethyl adjacent to an activating group) is 1. The molecule has 0 saturated heterocycles. The summed E-state index contributed by atoms with van der Waals surface area (Å²) in [7, 11) is 1.71. The van der Waals surface area contributed by atoms with Gasteiger partial charge in [-0.2, -0.15) is 0 Å². The predicted octanol–water partition coefficient (Wildman–Crippen LogP) is 2.46. The first-order chi connectivity index (χ1) is 10.3. The Hall–Kier alpha value is -1.56. The fourth-order valence-corrected chi connectivity index (χ4v) is 2.18. The van der Waals surface area contributed by atoms with E-state index in [0.29, 0.717) is 6.61 Å². The van der Waals surface area contributed by atoms with Crippen molar-refractivity contribution in [1.82, 2.24) is 5.32 Å². The van der Waals surface area contributed by atoms with Gasteiger partial charge in [0.1, 0.15) is 0 Å². The van der Waals surface area contributed by atoms with Gasteiger partial charge < -0.3 is 14.8 Å². The van der Waals surface area contributed by atoms with Crippen LogP contribution in [0.4, 0.5) is 5.69 Å². The molecule has 0 fully saturated rings. The van der Waals surface area contributed by atoms with Gasteiger partial charge in [0.05, 0.1) is 13.2 Å². The number of hydrogen-bond donors (Lipinski definition) is 1. The number of nitrogens with zero attached hydrogens (tertiary/aromatic N) is 1. The molecule has 1 aromatic carbocycles. The Morgan fingerprint density at radius 2 is 2.18 bits per heavy atom. The number of fused-ring (bicyclic) bond motifs is 1. The molecule has 0 bridgehead atoms. The largest absolute Gasteiger partial charge is 0.415 e. The minimum absolute atomic E-state index is 0. The van der Waals surface area contributed by atoms with E-state index >= 15 is 0 Å². The quantitative estimate of drug-likeness (QED) is 0.616. The van der Waals surface area contributed by atoms with Crippen LogP contribution in [0.3, 0.4) is 0 Å². The molecule has 1 N–H and O–H groups in total. The summed E-state index contributed by atoms with van der Waals surface area (Å²) in [6, 6.07) is 8.05. The van der Waals surface area contributed by atoms with Crippen LogP contribution in [0, 0.1) is 0 Å².